The molecule has 7 aliphatic rings. The predicted molar refractivity (Wildman–Crippen MR) is 131 cm³/mol. The average molecular weight is 503 g/mol. The summed E-state index contributed by atoms with van der Waals surface area (Å²) in [6.45, 7) is 16.3. The van der Waals surface area contributed by atoms with Crippen molar-refractivity contribution >= 4 is 23.5 Å². The third-order valence-electron chi connectivity index (χ3n) is 10.8. The fourth-order valence-electron chi connectivity index (χ4n) is 9.05. The molecule has 0 bridgehead atoms. The number of fused-ring (bicyclic) bond motifs is 7. The van der Waals surface area contributed by atoms with Gasteiger partial charge in [0.25, 0.3) is 0 Å². The molecule has 192 valence electrons. The van der Waals surface area contributed by atoms with Crippen molar-refractivity contribution < 1.29 is 33.8 Å². The summed E-state index contributed by atoms with van der Waals surface area (Å²) in [5.74, 6) is -3.33. The highest BCUT2D eigenvalue weighted by Crippen LogP contribution is 2.68. The molecule has 0 amide bonds. The van der Waals surface area contributed by atoms with Gasteiger partial charge in [-0.3, -0.25) is 9.59 Å². The van der Waals surface area contributed by atoms with Gasteiger partial charge in [0.15, 0.2) is 5.78 Å². The fraction of sp³-hybridized carbons (Fsp3) is 0.533. The van der Waals surface area contributed by atoms with E-state index in [1.54, 1.807) is 0 Å². The van der Waals surface area contributed by atoms with Crippen molar-refractivity contribution in [3.8, 4) is 0 Å². The average Bonchev–Trinajstić information content (AvgIpc) is 3.44. The van der Waals surface area contributed by atoms with E-state index in [4.69, 9.17) is 9.47 Å². The molecule has 0 unspecified atom stereocenters. The number of hydrogen-bond donors (Lipinski definition) is 1. The van der Waals surface area contributed by atoms with Gasteiger partial charge in [0.1, 0.15) is 18.0 Å². The van der Waals surface area contributed by atoms with Crippen molar-refractivity contribution in [2.24, 2.45) is 35.0 Å². The maximum Gasteiger partial charge on any atom is 0.334 e. The zero-order valence-corrected chi connectivity index (χ0v) is 20.7. The van der Waals surface area contributed by atoms with E-state index in [-0.39, 0.29) is 54.2 Å². The van der Waals surface area contributed by atoms with E-state index in [0.717, 1.165) is 5.57 Å². The van der Waals surface area contributed by atoms with Gasteiger partial charge in [0, 0.05) is 52.4 Å². The Balaban J connectivity index is 1.47. The molecule has 2 saturated heterocycles. The second-order valence-electron chi connectivity index (χ2n) is 12.1. The summed E-state index contributed by atoms with van der Waals surface area (Å²) < 4.78 is 11.7. The lowest BCUT2D eigenvalue weighted by Gasteiger charge is -2.47. The Hall–Kier alpha value is -3.06. The standard InChI is InChI=1S/C30H30O7/c1-12-5-6-16-13(2)28(34)37-26(16)21-18(12)11-19(31)30(21)10-9-29(35)8-7-17-14(3)27(33)36-25(17)20-15(4)24(32)23(30)22(20)29/h16-18,20-21,25-26,35H,1-11H2/t16-,17+,18+,20+,21+,25-,26-,29+,30-/m1/s1. The van der Waals surface area contributed by atoms with Crippen LogP contribution in [0.2, 0.25) is 0 Å². The van der Waals surface area contributed by atoms with Crippen LogP contribution in [-0.4, -0.2) is 46.4 Å². The summed E-state index contributed by atoms with van der Waals surface area (Å²) in [6, 6.07) is 0. The van der Waals surface area contributed by atoms with Gasteiger partial charge in [-0.2, -0.15) is 0 Å². The van der Waals surface area contributed by atoms with Crippen molar-refractivity contribution in [1.29, 1.82) is 0 Å². The van der Waals surface area contributed by atoms with E-state index in [9.17, 15) is 24.3 Å². The van der Waals surface area contributed by atoms with Crippen molar-refractivity contribution in [2.75, 3.05) is 0 Å². The first-order valence-corrected chi connectivity index (χ1v) is 13.2. The number of aliphatic hydroxyl groups is 1. The van der Waals surface area contributed by atoms with E-state index in [1.807, 2.05) is 0 Å². The molecule has 1 N–H and O–H groups in total. The first kappa shape index (κ1) is 23.1. The van der Waals surface area contributed by atoms with E-state index in [0.29, 0.717) is 48.0 Å². The molecule has 2 heterocycles. The molecule has 0 radical (unpaired) electrons. The van der Waals surface area contributed by atoms with Gasteiger partial charge in [0.05, 0.1) is 11.0 Å². The molecular weight excluding hydrogens is 472 g/mol. The van der Waals surface area contributed by atoms with Crippen molar-refractivity contribution in [3.05, 3.63) is 59.8 Å². The molecule has 7 rings (SSSR count). The van der Waals surface area contributed by atoms with Gasteiger partial charge in [0.2, 0.25) is 0 Å². The minimum absolute atomic E-state index is 0.0714. The van der Waals surface area contributed by atoms with Crippen LogP contribution in [0.15, 0.2) is 59.8 Å². The number of Topliss-reactive ketones (excluding diaryl/α,β-unsaturated/α-hetero) is 2. The van der Waals surface area contributed by atoms with Crippen LogP contribution >= 0.6 is 0 Å². The van der Waals surface area contributed by atoms with Gasteiger partial charge in [-0.25, -0.2) is 9.59 Å². The number of ketones is 2. The fourth-order valence-corrected chi connectivity index (χ4v) is 9.05. The zero-order valence-electron chi connectivity index (χ0n) is 20.7. The quantitative estimate of drug-likeness (QED) is 0.308. The summed E-state index contributed by atoms with van der Waals surface area (Å²) in [5, 5.41) is 12.1. The van der Waals surface area contributed by atoms with E-state index in [1.165, 1.54) is 0 Å². The van der Waals surface area contributed by atoms with Crippen LogP contribution in [0.25, 0.3) is 0 Å². The number of allylic oxidation sites excluding steroid dienone is 2. The van der Waals surface area contributed by atoms with Crippen LogP contribution in [0.5, 0.6) is 0 Å². The monoisotopic (exact) mass is 502 g/mol. The number of rotatable bonds is 0. The topological polar surface area (TPSA) is 107 Å². The lowest BCUT2D eigenvalue weighted by Crippen LogP contribution is -2.51. The molecule has 1 spiro atoms. The molecule has 9 atom stereocenters. The second kappa shape index (κ2) is 7.07. The zero-order chi connectivity index (χ0) is 26.2. The van der Waals surface area contributed by atoms with Crippen LogP contribution in [0.4, 0.5) is 0 Å². The van der Waals surface area contributed by atoms with Gasteiger partial charge in [-0.1, -0.05) is 31.9 Å². The largest absolute Gasteiger partial charge is 0.458 e. The molecule has 5 aliphatic carbocycles. The van der Waals surface area contributed by atoms with Crippen molar-refractivity contribution in [1.82, 2.24) is 0 Å². The summed E-state index contributed by atoms with van der Waals surface area (Å²) >= 11 is 0. The number of ether oxygens (including phenoxy) is 2. The predicted octanol–water partition coefficient (Wildman–Crippen LogP) is 3.09. The lowest BCUT2D eigenvalue weighted by molar-refractivity contribution is -0.146. The molecule has 2 aliphatic heterocycles. The highest BCUT2D eigenvalue weighted by molar-refractivity contribution is 6.18. The van der Waals surface area contributed by atoms with Crippen molar-refractivity contribution in [3.63, 3.8) is 0 Å². The van der Waals surface area contributed by atoms with Crippen LogP contribution in [0.1, 0.15) is 44.9 Å². The Labute approximate surface area is 215 Å². The normalized spacial score (nSPS) is 46.5. The number of carbonyl (C=O) groups is 4. The third kappa shape index (κ3) is 2.56. The van der Waals surface area contributed by atoms with Gasteiger partial charge in [-0.05, 0) is 50.0 Å². The number of hydrogen-bond acceptors (Lipinski definition) is 7. The Kier molecular flexibility index (Phi) is 4.41. The third-order valence-corrected chi connectivity index (χ3v) is 10.8. The highest BCUT2D eigenvalue weighted by Gasteiger charge is 2.71. The minimum Gasteiger partial charge on any atom is -0.458 e. The minimum atomic E-state index is -1.31. The van der Waals surface area contributed by atoms with Crippen molar-refractivity contribution in [2.45, 2.75) is 62.8 Å². The first-order chi connectivity index (χ1) is 17.5. The second-order valence-corrected chi connectivity index (χ2v) is 12.1. The smallest absolute Gasteiger partial charge is 0.334 e. The van der Waals surface area contributed by atoms with Crippen LogP contribution in [0.3, 0.4) is 0 Å². The van der Waals surface area contributed by atoms with Gasteiger partial charge >= 0.3 is 11.9 Å². The molecule has 7 nitrogen and oxygen atoms in total. The Morgan fingerprint density at radius 1 is 0.784 bits per heavy atom. The van der Waals surface area contributed by atoms with Crippen LogP contribution in [-0.2, 0) is 28.7 Å². The molecule has 0 aromatic carbocycles. The van der Waals surface area contributed by atoms with E-state index < -0.39 is 47.0 Å². The lowest BCUT2D eigenvalue weighted by atomic mass is 9.56. The molecule has 7 heteroatoms. The summed E-state index contributed by atoms with van der Waals surface area (Å²) in [7, 11) is 0. The number of esters is 2. The Morgan fingerprint density at radius 2 is 1.43 bits per heavy atom. The van der Waals surface area contributed by atoms with E-state index in [2.05, 4.69) is 26.3 Å². The SMILES string of the molecule is C=C1C(=O)C2=C3[C@H]1[C@@H]1OC(=O)C(=C)[C@@H]1CC[C@]3(O)CC[C@]21C(=O)C[C@H]2C(=C)CC[C@@H]3C(=C)C(=O)O[C@H]3[C@H]21. The maximum absolute atomic E-state index is 14.2. The Bertz CT molecular complexity index is 1330. The molecule has 0 aromatic heterocycles. The summed E-state index contributed by atoms with van der Waals surface area (Å²) in [6.07, 6.45) is 1.66. The highest BCUT2D eigenvalue weighted by atomic mass is 16.6. The molecule has 0 aromatic rings. The summed E-state index contributed by atoms with van der Waals surface area (Å²) in [5.41, 5.74) is 0.213. The van der Waals surface area contributed by atoms with Gasteiger partial charge in [-0.15, -0.1) is 0 Å². The molecular formula is C30H30O7. The molecule has 37 heavy (non-hydrogen) atoms. The number of carbonyl (C=O) groups excluding carboxylic acids is 4. The van der Waals surface area contributed by atoms with Gasteiger partial charge < -0.3 is 14.6 Å². The molecule has 5 fully saturated rings. The first-order valence-electron chi connectivity index (χ1n) is 13.2. The summed E-state index contributed by atoms with van der Waals surface area (Å²) in [4.78, 5) is 53.4. The van der Waals surface area contributed by atoms with E-state index >= 15 is 0 Å². The van der Waals surface area contributed by atoms with Crippen LogP contribution in [0, 0.1) is 35.0 Å². The molecule has 3 saturated carbocycles. The van der Waals surface area contributed by atoms with Crippen LogP contribution < -0.4 is 0 Å². The maximum atomic E-state index is 14.2. The Morgan fingerprint density at radius 3 is 2.14 bits per heavy atom.